The molecule has 0 saturated carbocycles. The zero-order valence-corrected chi connectivity index (χ0v) is 12.0. The molecule has 0 aromatic heterocycles. The van der Waals surface area contributed by atoms with E-state index in [4.69, 9.17) is 4.74 Å². The number of nitrogens with zero attached hydrogens (tertiary/aromatic N) is 1. The Kier molecular flexibility index (Phi) is 5.30. The van der Waals surface area contributed by atoms with Crippen molar-refractivity contribution in [3.05, 3.63) is 33.9 Å². The second kappa shape index (κ2) is 6.52. The van der Waals surface area contributed by atoms with Crippen molar-refractivity contribution in [1.82, 2.24) is 5.32 Å². The molecule has 0 aliphatic heterocycles. The highest BCUT2D eigenvalue weighted by Crippen LogP contribution is 2.30. The van der Waals surface area contributed by atoms with Crippen LogP contribution in [0.15, 0.2) is 18.2 Å². The predicted molar refractivity (Wildman–Crippen MR) is 75.7 cm³/mol. The molecule has 0 bridgehead atoms. The summed E-state index contributed by atoms with van der Waals surface area (Å²) in [5, 5.41) is 14.3. The van der Waals surface area contributed by atoms with Gasteiger partial charge in [-0.1, -0.05) is 12.1 Å². The normalized spacial score (nSPS) is 11.4. The topological polar surface area (TPSA) is 64.4 Å². The lowest BCUT2D eigenvalue weighted by Gasteiger charge is -2.20. The van der Waals surface area contributed by atoms with E-state index in [1.54, 1.807) is 25.1 Å². The van der Waals surface area contributed by atoms with Gasteiger partial charge in [-0.2, -0.15) is 0 Å². The van der Waals surface area contributed by atoms with Crippen molar-refractivity contribution in [2.45, 2.75) is 39.7 Å². The Morgan fingerprint density at radius 2 is 2.05 bits per heavy atom. The van der Waals surface area contributed by atoms with Crippen molar-refractivity contribution in [2.75, 3.05) is 13.2 Å². The number of hydrogen-bond acceptors (Lipinski definition) is 4. The maximum Gasteiger partial charge on any atom is 0.313 e. The Labute approximate surface area is 114 Å². The molecule has 0 radical (unpaired) electrons. The van der Waals surface area contributed by atoms with Crippen LogP contribution in [-0.2, 0) is 0 Å². The van der Waals surface area contributed by atoms with Crippen LogP contribution in [0.3, 0.4) is 0 Å². The lowest BCUT2D eigenvalue weighted by Crippen LogP contribution is -2.36. The molecule has 0 fully saturated rings. The molecule has 5 heteroatoms. The number of ether oxygens (including phenoxy) is 1. The molecule has 19 heavy (non-hydrogen) atoms. The minimum atomic E-state index is -0.391. The van der Waals surface area contributed by atoms with Crippen LogP contribution in [0.2, 0.25) is 0 Å². The molecule has 0 unspecified atom stereocenters. The maximum absolute atomic E-state index is 11.0. The number of para-hydroxylation sites is 1. The second-order valence-electron chi connectivity index (χ2n) is 5.56. The number of rotatable bonds is 6. The fraction of sp³-hybridized carbons (Fsp3) is 0.571. The first kappa shape index (κ1) is 15.4. The molecule has 1 N–H and O–H groups in total. The summed E-state index contributed by atoms with van der Waals surface area (Å²) in [6.07, 6.45) is 0.808. The van der Waals surface area contributed by atoms with Crippen molar-refractivity contribution in [3.8, 4) is 5.75 Å². The third-order valence-corrected chi connectivity index (χ3v) is 2.62. The molecule has 0 amide bonds. The molecular formula is C14H22N2O3. The van der Waals surface area contributed by atoms with E-state index in [1.165, 1.54) is 0 Å². The van der Waals surface area contributed by atoms with Gasteiger partial charge in [0, 0.05) is 11.1 Å². The summed E-state index contributed by atoms with van der Waals surface area (Å²) in [6.45, 7) is 9.29. The van der Waals surface area contributed by atoms with Crippen molar-refractivity contribution < 1.29 is 9.66 Å². The van der Waals surface area contributed by atoms with Crippen LogP contribution in [0, 0.1) is 17.0 Å². The van der Waals surface area contributed by atoms with E-state index < -0.39 is 4.92 Å². The molecule has 1 rings (SSSR count). The van der Waals surface area contributed by atoms with Gasteiger partial charge in [0.05, 0.1) is 11.5 Å². The zero-order chi connectivity index (χ0) is 14.5. The van der Waals surface area contributed by atoms with Gasteiger partial charge in [0.15, 0.2) is 5.75 Å². The third-order valence-electron chi connectivity index (χ3n) is 2.62. The average molecular weight is 266 g/mol. The quantitative estimate of drug-likeness (QED) is 0.488. The van der Waals surface area contributed by atoms with Gasteiger partial charge < -0.3 is 10.1 Å². The smallest absolute Gasteiger partial charge is 0.313 e. The van der Waals surface area contributed by atoms with E-state index in [1.807, 2.05) is 0 Å². The number of nitro groups is 1. The third kappa shape index (κ3) is 5.26. The molecule has 1 aromatic rings. The first-order valence-corrected chi connectivity index (χ1v) is 6.43. The van der Waals surface area contributed by atoms with Crippen molar-refractivity contribution >= 4 is 5.69 Å². The molecule has 0 aliphatic carbocycles. The fourth-order valence-electron chi connectivity index (χ4n) is 1.70. The van der Waals surface area contributed by atoms with E-state index in [2.05, 4.69) is 26.1 Å². The van der Waals surface area contributed by atoms with E-state index >= 15 is 0 Å². The van der Waals surface area contributed by atoms with Gasteiger partial charge in [-0.25, -0.2) is 0 Å². The van der Waals surface area contributed by atoms with Crippen molar-refractivity contribution in [1.29, 1.82) is 0 Å². The van der Waals surface area contributed by atoms with Crippen LogP contribution in [0.25, 0.3) is 0 Å². The first-order chi connectivity index (χ1) is 8.81. The summed E-state index contributed by atoms with van der Waals surface area (Å²) < 4.78 is 5.51. The summed E-state index contributed by atoms with van der Waals surface area (Å²) in [4.78, 5) is 10.6. The Hall–Kier alpha value is -1.62. The highest BCUT2D eigenvalue weighted by molar-refractivity contribution is 5.51. The van der Waals surface area contributed by atoms with Crippen molar-refractivity contribution in [3.63, 3.8) is 0 Å². The lowest BCUT2D eigenvalue weighted by atomic mass is 10.1. The highest BCUT2D eigenvalue weighted by Gasteiger charge is 2.17. The lowest BCUT2D eigenvalue weighted by molar-refractivity contribution is -0.386. The van der Waals surface area contributed by atoms with Gasteiger partial charge in [0.2, 0.25) is 0 Å². The minimum Gasteiger partial charge on any atom is -0.487 e. The number of nitro benzene ring substituents is 1. The summed E-state index contributed by atoms with van der Waals surface area (Å²) in [7, 11) is 0. The summed E-state index contributed by atoms with van der Waals surface area (Å²) in [6, 6.07) is 5.12. The van der Waals surface area contributed by atoms with E-state index in [0.29, 0.717) is 17.9 Å². The van der Waals surface area contributed by atoms with E-state index in [0.717, 1.165) is 13.0 Å². The Bertz CT molecular complexity index is 439. The van der Waals surface area contributed by atoms with Crippen LogP contribution >= 0.6 is 0 Å². The molecule has 0 saturated heterocycles. The van der Waals surface area contributed by atoms with Gasteiger partial charge in [-0.15, -0.1) is 0 Å². The van der Waals surface area contributed by atoms with Crippen LogP contribution in [0.1, 0.15) is 32.8 Å². The highest BCUT2D eigenvalue weighted by atomic mass is 16.6. The Morgan fingerprint density at radius 3 is 2.63 bits per heavy atom. The summed E-state index contributed by atoms with van der Waals surface area (Å²) >= 11 is 0. The van der Waals surface area contributed by atoms with E-state index in [9.17, 15) is 10.1 Å². The summed E-state index contributed by atoms with van der Waals surface area (Å²) in [5.41, 5.74) is 0.761. The van der Waals surface area contributed by atoms with Crippen LogP contribution in [0.5, 0.6) is 5.75 Å². The van der Waals surface area contributed by atoms with Crippen LogP contribution in [0.4, 0.5) is 5.69 Å². The van der Waals surface area contributed by atoms with Crippen molar-refractivity contribution in [2.24, 2.45) is 0 Å². The SMILES string of the molecule is Cc1cccc(OCCCNC(C)(C)C)c1[N+](=O)[O-]. The maximum atomic E-state index is 11.0. The molecule has 106 valence electrons. The summed E-state index contributed by atoms with van der Waals surface area (Å²) in [5.74, 6) is 0.348. The minimum absolute atomic E-state index is 0.0614. The Morgan fingerprint density at radius 1 is 1.37 bits per heavy atom. The number of nitrogens with one attached hydrogen (secondary N) is 1. The zero-order valence-electron chi connectivity index (χ0n) is 12.0. The standard InChI is InChI=1S/C14H22N2O3/c1-11-7-5-8-12(13(11)16(17)18)19-10-6-9-15-14(2,3)4/h5,7-8,15H,6,9-10H2,1-4H3. The molecule has 0 heterocycles. The molecule has 0 aliphatic rings. The monoisotopic (exact) mass is 266 g/mol. The molecular weight excluding hydrogens is 244 g/mol. The molecule has 1 aromatic carbocycles. The van der Waals surface area contributed by atoms with Crippen LogP contribution in [-0.4, -0.2) is 23.6 Å². The molecule has 5 nitrogen and oxygen atoms in total. The Balaban J connectivity index is 2.50. The molecule has 0 spiro atoms. The number of hydrogen-bond donors (Lipinski definition) is 1. The molecule has 0 atom stereocenters. The van der Waals surface area contributed by atoms with E-state index in [-0.39, 0.29) is 11.2 Å². The van der Waals surface area contributed by atoms with Gasteiger partial charge in [0.1, 0.15) is 0 Å². The second-order valence-corrected chi connectivity index (χ2v) is 5.56. The van der Waals surface area contributed by atoms with Crippen LogP contribution < -0.4 is 10.1 Å². The largest absolute Gasteiger partial charge is 0.487 e. The van der Waals surface area contributed by atoms with Gasteiger partial charge in [-0.3, -0.25) is 10.1 Å². The number of aryl methyl sites for hydroxylation is 1. The number of benzene rings is 1. The van der Waals surface area contributed by atoms with Gasteiger partial charge >= 0.3 is 5.69 Å². The van der Waals surface area contributed by atoms with Gasteiger partial charge in [0.25, 0.3) is 0 Å². The fourth-order valence-corrected chi connectivity index (χ4v) is 1.70. The predicted octanol–water partition coefficient (Wildman–Crippen LogP) is 3.06. The first-order valence-electron chi connectivity index (χ1n) is 6.43. The van der Waals surface area contributed by atoms with Gasteiger partial charge in [-0.05, 0) is 46.7 Å². The average Bonchev–Trinajstić information content (AvgIpc) is 2.26.